The van der Waals surface area contributed by atoms with Crippen LogP contribution in [0.15, 0.2) is 60.7 Å². The molecule has 0 aliphatic heterocycles. The number of rotatable bonds is 1. The molecule has 25 heavy (non-hydrogen) atoms. The molecule has 0 nitrogen and oxygen atoms in total. The molecule has 0 aliphatic rings. The minimum atomic E-state index is 0.0162. The summed E-state index contributed by atoms with van der Waals surface area (Å²) < 4.78 is 0. The summed E-state index contributed by atoms with van der Waals surface area (Å²) in [4.78, 5) is 0. The summed E-state index contributed by atoms with van der Waals surface area (Å²) in [7, 11) is 0.0162. The summed E-state index contributed by atoms with van der Waals surface area (Å²) in [6, 6.07) is 20.8. The van der Waals surface area contributed by atoms with Crippen LogP contribution in [0.1, 0.15) is 62.3 Å². The fraction of sp³-hybridized carbons (Fsp3) is 0.500. The Labute approximate surface area is 157 Å². The van der Waals surface area contributed by atoms with Crippen molar-refractivity contribution in [3.63, 3.8) is 0 Å². The molecular weight excluding hydrogens is 319 g/mol. The molecule has 0 bridgehead atoms. The number of benzene rings is 2. The standard InChI is InChI=1S/C12H27P.C12H10/c1-10(2,3)13(11(4,5)6)12(7,8)9;1-3-7-11(8-4-1)12-9-5-2-6-10-12/h1-9H3;1-10H. The van der Waals surface area contributed by atoms with E-state index >= 15 is 0 Å². The average Bonchev–Trinajstić information content (AvgIpc) is 2.45. The Morgan fingerprint density at radius 2 is 0.680 bits per heavy atom. The summed E-state index contributed by atoms with van der Waals surface area (Å²) in [5.74, 6) is 0. The average molecular weight is 357 g/mol. The Morgan fingerprint density at radius 1 is 0.440 bits per heavy atom. The molecule has 0 fully saturated rings. The molecule has 0 radical (unpaired) electrons. The van der Waals surface area contributed by atoms with Crippen LogP contribution in [0.3, 0.4) is 0 Å². The van der Waals surface area contributed by atoms with Crippen LogP contribution in [-0.2, 0) is 0 Å². The Morgan fingerprint density at radius 3 is 0.840 bits per heavy atom. The van der Waals surface area contributed by atoms with Gasteiger partial charge in [0.25, 0.3) is 0 Å². The molecule has 0 unspecified atom stereocenters. The Balaban J connectivity index is 0.000000250. The lowest BCUT2D eigenvalue weighted by Crippen LogP contribution is -2.34. The molecule has 2 rings (SSSR count). The van der Waals surface area contributed by atoms with Gasteiger partial charge in [-0.05, 0) is 26.6 Å². The molecule has 0 aliphatic carbocycles. The summed E-state index contributed by atoms with van der Waals surface area (Å²) in [6.07, 6.45) is 0. The van der Waals surface area contributed by atoms with E-state index < -0.39 is 0 Å². The first-order valence-electron chi connectivity index (χ1n) is 9.24. The number of hydrogen-bond donors (Lipinski definition) is 0. The van der Waals surface area contributed by atoms with Crippen molar-refractivity contribution in [1.29, 1.82) is 0 Å². The van der Waals surface area contributed by atoms with E-state index in [1.165, 1.54) is 11.1 Å². The van der Waals surface area contributed by atoms with Gasteiger partial charge in [0.1, 0.15) is 0 Å². The lowest BCUT2D eigenvalue weighted by Gasteiger charge is -2.49. The van der Waals surface area contributed by atoms with Gasteiger partial charge in [-0.15, -0.1) is 0 Å². The topological polar surface area (TPSA) is 0 Å². The first kappa shape index (κ1) is 21.9. The summed E-state index contributed by atoms with van der Waals surface area (Å²) >= 11 is 0. The molecule has 0 saturated carbocycles. The highest BCUT2D eigenvalue weighted by atomic mass is 31.1. The van der Waals surface area contributed by atoms with Crippen LogP contribution in [0.4, 0.5) is 0 Å². The van der Waals surface area contributed by atoms with Crippen LogP contribution in [0.2, 0.25) is 0 Å². The maximum atomic E-state index is 2.38. The molecule has 0 heterocycles. The van der Waals surface area contributed by atoms with Crippen LogP contribution in [0.25, 0.3) is 11.1 Å². The third-order valence-electron chi connectivity index (χ3n) is 3.89. The van der Waals surface area contributed by atoms with Gasteiger partial charge in [0.05, 0.1) is 0 Å². The zero-order valence-electron chi connectivity index (χ0n) is 17.7. The zero-order valence-corrected chi connectivity index (χ0v) is 18.6. The predicted octanol–water partition coefficient (Wildman–Crippen LogP) is 8.22. The molecule has 1 heteroatoms. The number of hydrogen-bond acceptors (Lipinski definition) is 0. The van der Waals surface area contributed by atoms with Crippen molar-refractivity contribution in [3.8, 4) is 11.1 Å². The molecule has 0 atom stereocenters. The molecular formula is C24H37P. The monoisotopic (exact) mass is 356 g/mol. The van der Waals surface area contributed by atoms with Gasteiger partial charge in [0.2, 0.25) is 0 Å². The molecule has 0 spiro atoms. The van der Waals surface area contributed by atoms with E-state index in [4.69, 9.17) is 0 Å². The predicted molar refractivity (Wildman–Crippen MR) is 118 cm³/mol. The van der Waals surface area contributed by atoms with Gasteiger partial charge < -0.3 is 0 Å². The highest BCUT2D eigenvalue weighted by Crippen LogP contribution is 2.66. The van der Waals surface area contributed by atoms with Gasteiger partial charge in [0, 0.05) is 0 Å². The van der Waals surface area contributed by atoms with Crippen molar-refractivity contribution in [2.24, 2.45) is 0 Å². The minimum absolute atomic E-state index is 0.0162. The lowest BCUT2D eigenvalue weighted by atomic mass is 10.1. The van der Waals surface area contributed by atoms with E-state index in [2.05, 4.69) is 111 Å². The van der Waals surface area contributed by atoms with Crippen LogP contribution in [-0.4, -0.2) is 15.5 Å². The summed E-state index contributed by atoms with van der Waals surface area (Å²) in [5.41, 5.74) is 2.55. The lowest BCUT2D eigenvalue weighted by molar-refractivity contribution is 0.644. The second-order valence-corrected chi connectivity index (χ2v) is 14.3. The van der Waals surface area contributed by atoms with Crippen LogP contribution in [0, 0.1) is 0 Å². The molecule has 2 aromatic carbocycles. The van der Waals surface area contributed by atoms with E-state index in [1.54, 1.807) is 0 Å². The fourth-order valence-corrected chi connectivity index (χ4v) is 10.3. The normalized spacial score (nSPS) is 12.6. The van der Waals surface area contributed by atoms with E-state index in [0.29, 0.717) is 15.5 Å². The van der Waals surface area contributed by atoms with E-state index in [-0.39, 0.29) is 7.92 Å². The highest BCUT2D eigenvalue weighted by Gasteiger charge is 2.41. The summed E-state index contributed by atoms with van der Waals surface area (Å²) in [6.45, 7) is 21.5. The molecule has 138 valence electrons. The van der Waals surface area contributed by atoms with E-state index in [1.807, 2.05) is 12.1 Å². The van der Waals surface area contributed by atoms with Crippen molar-refractivity contribution < 1.29 is 0 Å². The summed E-state index contributed by atoms with van der Waals surface area (Å²) in [5, 5.41) is 1.35. The van der Waals surface area contributed by atoms with Crippen LogP contribution >= 0.6 is 7.92 Å². The smallest absolute Gasteiger partial charge is 0.0170 e. The van der Waals surface area contributed by atoms with Gasteiger partial charge in [-0.3, -0.25) is 0 Å². The minimum Gasteiger partial charge on any atom is -0.0901 e. The third kappa shape index (κ3) is 7.33. The largest absolute Gasteiger partial charge is 0.0901 e. The van der Waals surface area contributed by atoms with Crippen molar-refractivity contribution in [3.05, 3.63) is 60.7 Å². The van der Waals surface area contributed by atoms with Crippen molar-refractivity contribution in [2.45, 2.75) is 77.8 Å². The molecule has 0 N–H and O–H groups in total. The van der Waals surface area contributed by atoms with Crippen molar-refractivity contribution in [1.82, 2.24) is 0 Å². The van der Waals surface area contributed by atoms with Crippen molar-refractivity contribution in [2.75, 3.05) is 0 Å². The molecule has 0 aromatic heterocycles. The van der Waals surface area contributed by atoms with Gasteiger partial charge >= 0.3 is 0 Å². The maximum Gasteiger partial charge on any atom is -0.0170 e. The first-order chi connectivity index (χ1) is 11.3. The highest BCUT2D eigenvalue weighted by molar-refractivity contribution is 7.62. The molecule has 0 saturated heterocycles. The van der Waals surface area contributed by atoms with Crippen molar-refractivity contribution >= 4 is 7.92 Å². The van der Waals surface area contributed by atoms with E-state index in [9.17, 15) is 0 Å². The Bertz CT molecular complexity index is 536. The van der Waals surface area contributed by atoms with Gasteiger partial charge in [0.15, 0.2) is 0 Å². The maximum absolute atomic E-state index is 2.38. The third-order valence-corrected chi connectivity index (χ3v) is 7.92. The van der Waals surface area contributed by atoms with E-state index in [0.717, 1.165) is 0 Å². The molecule has 2 aromatic rings. The van der Waals surface area contributed by atoms with Crippen LogP contribution < -0.4 is 0 Å². The second-order valence-electron chi connectivity index (χ2n) is 9.58. The quantitative estimate of drug-likeness (QED) is 0.451. The first-order valence-corrected chi connectivity index (χ1v) is 10.6. The van der Waals surface area contributed by atoms with Crippen LogP contribution in [0.5, 0.6) is 0 Å². The Hall–Kier alpha value is -1.13. The fourth-order valence-electron chi connectivity index (χ4n) is 4.28. The second kappa shape index (κ2) is 8.50. The molecule has 0 amide bonds. The SMILES string of the molecule is CC(C)(C)P(C(C)(C)C)C(C)(C)C.c1ccc(-c2ccccc2)cc1. The van der Waals surface area contributed by atoms with Gasteiger partial charge in [-0.2, -0.15) is 0 Å². The van der Waals surface area contributed by atoms with Gasteiger partial charge in [-0.1, -0.05) is 131 Å². The van der Waals surface area contributed by atoms with Gasteiger partial charge in [-0.25, -0.2) is 0 Å². The zero-order chi connectivity index (χ0) is 19.3. The Kier molecular flexibility index (Phi) is 7.45.